The van der Waals surface area contributed by atoms with Gasteiger partial charge < -0.3 is 5.32 Å². The summed E-state index contributed by atoms with van der Waals surface area (Å²) in [6.07, 6.45) is 11.2. The number of hydrogen-bond acceptors (Lipinski definition) is 2. The van der Waals surface area contributed by atoms with Gasteiger partial charge in [0.15, 0.2) is 0 Å². The quantitative estimate of drug-likeness (QED) is 0.401. The Labute approximate surface area is 212 Å². The zero-order valence-corrected chi connectivity index (χ0v) is 21.8. The first-order chi connectivity index (χ1) is 16.1. The lowest BCUT2D eigenvalue weighted by Crippen LogP contribution is -2.44. The first-order valence-electron chi connectivity index (χ1n) is 12.0. The van der Waals surface area contributed by atoms with Crippen molar-refractivity contribution in [1.29, 1.82) is 0 Å². The lowest BCUT2D eigenvalue weighted by Gasteiger charge is -2.31. The van der Waals surface area contributed by atoms with Crippen molar-refractivity contribution < 1.29 is 4.79 Å². The highest BCUT2D eigenvalue weighted by Gasteiger charge is 2.44. The molecule has 0 radical (unpaired) electrons. The summed E-state index contributed by atoms with van der Waals surface area (Å²) in [5.74, 6) is 0.221. The standard InChI is InChI=1S/C27H29Br2N3O/c28-21-13-9-18(10-14-21)17-20-5-4-8-24-25(20)31-32(26(24)19-11-15-22(29)16-12-19)27(33)30-23-6-2-1-3-7-23/h9-17,23-24,26H,1-8H2,(H,30,33)/b20-17+. The van der Waals surface area contributed by atoms with Gasteiger partial charge in [-0.15, -0.1) is 0 Å². The minimum absolute atomic E-state index is 0.0558. The van der Waals surface area contributed by atoms with E-state index in [2.05, 4.69) is 91.8 Å². The highest BCUT2D eigenvalue weighted by atomic mass is 79.9. The molecule has 2 fully saturated rings. The van der Waals surface area contributed by atoms with Crippen molar-refractivity contribution in [3.63, 3.8) is 0 Å². The van der Waals surface area contributed by atoms with Gasteiger partial charge in [-0.2, -0.15) is 5.10 Å². The number of benzene rings is 2. The Morgan fingerprint density at radius 3 is 2.27 bits per heavy atom. The smallest absolute Gasteiger partial charge is 0.334 e. The fourth-order valence-corrected chi connectivity index (χ4v) is 5.94. The van der Waals surface area contributed by atoms with Crippen molar-refractivity contribution in [2.45, 2.75) is 63.5 Å². The molecule has 0 aromatic heterocycles. The fraction of sp³-hybridized carbons (Fsp3) is 0.407. The molecule has 0 saturated heterocycles. The van der Waals surface area contributed by atoms with Gasteiger partial charge in [0.05, 0.1) is 11.8 Å². The number of fused-ring (bicyclic) bond motifs is 1. The van der Waals surface area contributed by atoms with Crippen LogP contribution in [0.3, 0.4) is 0 Å². The maximum atomic E-state index is 13.5. The van der Waals surface area contributed by atoms with Gasteiger partial charge in [-0.25, -0.2) is 9.80 Å². The summed E-state index contributed by atoms with van der Waals surface area (Å²) in [7, 11) is 0. The molecule has 1 N–H and O–H groups in total. The maximum Gasteiger partial charge on any atom is 0.338 e. The monoisotopic (exact) mass is 569 g/mol. The van der Waals surface area contributed by atoms with Gasteiger partial charge in [-0.1, -0.05) is 75.4 Å². The van der Waals surface area contributed by atoms with E-state index in [1.165, 1.54) is 30.4 Å². The third-order valence-electron chi connectivity index (χ3n) is 7.06. The molecule has 2 amide bonds. The van der Waals surface area contributed by atoms with Gasteiger partial charge in [0.25, 0.3) is 0 Å². The summed E-state index contributed by atoms with van der Waals surface area (Å²) in [6.45, 7) is 0. The number of nitrogens with one attached hydrogen (secondary N) is 1. The number of carbonyl (C=O) groups excluding carboxylic acids is 1. The number of carbonyl (C=O) groups is 1. The molecule has 2 aromatic rings. The molecule has 33 heavy (non-hydrogen) atoms. The van der Waals surface area contributed by atoms with E-state index in [4.69, 9.17) is 5.10 Å². The molecule has 1 aliphatic heterocycles. The normalized spacial score (nSPS) is 24.5. The van der Waals surface area contributed by atoms with Crippen molar-refractivity contribution in [1.82, 2.24) is 10.3 Å². The summed E-state index contributed by atoms with van der Waals surface area (Å²) in [5.41, 5.74) is 4.65. The van der Waals surface area contributed by atoms with Crippen molar-refractivity contribution in [2.75, 3.05) is 0 Å². The second-order valence-corrected chi connectivity index (χ2v) is 11.2. The van der Waals surface area contributed by atoms with Crippen molar-refractivity contribution in [2.24, 2.45) is 11.0 Å². The average Bonchev–Trinajstić information content (AvgIpc) is 3.23. The number of nitrogens with zero attached hydrogens (tertiary/aromatic N) is 2. The molecule has 5 rings (SSSR count). The molecule has 0 spiro atoms. The summed E-state index contributed by atoms with van der Waals surface area (Å²) >= 11 is 7.07. The van der Waals surface area contributed by atoms with Crippen LogP contribution in [0.1, 0.15) is 68.5 Å². The molecule has 2 aromatic carbocycles. The minimum Gasteiger partial charge on any atom is -0.334 e. The average molecular weight is 571 g/mol. The van der Waals surface area contributed by atoms with Crippen molar-refractivity contribution >= 4 is 49.7 Å². The number of rotatable bonds is 3. The molecule has 2 saturated carbocycles. The van der Waals surface area contributed by atoms with E-state index < -0.39 is 0 Å². The number of hydrogen-bond donors (Lipinski definition) is 1. The Hall–Kier alpha value is -1.92. The molecule has 3 aliphatic rings. The van der Waals surface area contributed by atoms with Crippen LogP contribution in [0, 0.1) is 5.92 Å². The summed E-state index contributed by atoms with van der Waals surface area (Å²) in [6, 6.07) is 16.9. The molecule has 172 valence electrons. The second-order valence-electron chi connectivity index (χ2n) is 9.33. The molecule has 1 heterocycles. The van der Waals surface area contributed by atoms with E-state index in [1.54, 1.807) is 5.01 Å². The Morgan fingerprint density at radius 1 is 0.909 bits per heavy atom. The van der Waals surface area contributed by atoms with Crippen molar-refractivity contribution in [3.05, 3.63) is 74.2 Å². The third-order valence-corrected chi connectivity index (χ3v) is 8.12. The van der Waals surface area contributed by atoms with Crippen LogP contribution in [0.5, 0.6) is 0 Å². The summed E-state index contributed by atoms with van der Waals surface area (Å²) in [5, 5.41) is 10.0. The number of halogens is 2. The molecule has 2 aliphatic carbocycles. The van der Waals surface area contributed by atoms with Gasteiger partial charge in [-0.3, -0.25) is 0 Å². The van der Waals surface area contributed by atoms with Crippen LogP contribution in [0.15, 0.2) is 68.2 Å². The van der Waals surface area contributed by atoms with E-state index in [-0.39, 0.29) is 24.0 Å². The van der Waals surface area contributed by atoms with Gasteiger partial charge in [0.2, 0.25) is 0 Å². The fourth-order valence-electron chi connectivity index (χ4n) is 5.41. The highest BCUT2D eigenvalue weighted by Crippen LogP contribution is 2.44. The minimum atomic E-state index is -0.0645. The Morgan fingerprint density at radius 2 is 1.58 bits per heavy atom. The Kier molecular flexibility index (Phi) is 7.02. The molecule has 6 heteroatoms. The van der Waals surface area contributed by atoms with E-state index in [1.807, 2.05) is 0 Å². The van der Waals surface area contributed by atoms with Crippen LogP contribution >= 0.6 is 31.9 Å². The van der Waals surface area contributed by atoms with E-state index in [9.17, 15) is 4.79 Å². The van der Waals surface area contributed by atoms with Crippen LogP contribution in [-0.2, 0) is 0 Å². The van der Waals surface area contributed by atoms with Gasteiger partial charge >= 0.3 is 6.03 Å². The Bertz CT molecular complexity index is 1060. The number of allylic oxidation sites excluding steroid dienone is 1. The zero-order chi connectivity index (χ0) is 22.8. The van der Waals surface area contributed by atoms with E-state index in [0.29, 0.717) is 0 Å². The van der Waals surface area contributed by atoms with Crippen LogP contribution in [0.25, 0.3) is 6.08 Å². The number of hydrazone groups is 1. The topological polar surface area (TPSA) is 44.7 Å². The van der Waals surface area contributed by atoms with Crippen LogP contribution in [0.2, 0.25) is 0 Å². The lowest BCUT2D eigenvalue weighted by atomic mass is 9.77. The third kappa shape index (κ3) is 5.12. The summed E-state index contributed by atoms with van der Waals surface area (Å²) < 4.78 is 2.12. The largest absolute Gasteiger partial charge is 0.338 e. The molecular formula is C27H29Br2N3O. The number of amides is 2. The first kappa shape index (κ1) is 22.9. The molecule has 0 bridgehead atoms. The van der Waals surface area contributed by atoms with Gasteiger partial charge in [0.1, 0.15) is 0 Å². The van der Waals surface area contributed by atoms with E-state index >= 15 is 0 Å². The van der Waals surface area contributed by atoms with Gasteiger partial charge in [0, 0.05) is 20.9 Å². The van der Waals surface area contributed by atoms with Crippen molar-refractivity contribution in [3.8, 4) is 0 Å². The SMILES string of the molecule is O=C(NC1CCCCC1)N1N=C2/C(=C/c3ccc(Br)cc3)CCCC2C1c1ccc(Br)cc1. The van der Waals surface area contributed by atoms with E-state index in [0.717, 1.165) is 52.3 Å². The van der Waals surface area contributed by atoms with Crippen LogP contribution in [-0.4, -0.2) is 22.8 Å². The molecular weight excluding hydrogens is 542 g/mol. The highest BCUT2D eigenvalue weighted by molar-refractivity contribution is 9.10. The van der Waals surface area contributed by atoms with Gasteiger partial charge in [-0.05, 0) is 79.1 Å². The second kappa shape index (κ2) is 10.1. The zero-order valence-electron chi connectivity index (χ0n) is 18.6. The first-order valence-corrected chi connectivity index (χ1v) is 13.6. The summed E-state index contributed by atoms with van der Waals surface area (Å²) in [4.78, 5) is 13.5. The molecule has 2 atom stereocenters. The Balaban J connectivity index is 1.48. The molecule has 2 unspecified atom stereocenters. The van der Waals surface area contributed by atoms with Crippen LogP contribution < -0.4 is 5.32 Å². The number of urea groups is 1. The molecule has 4 nitrogen and oxygen atoms in total. The lowest BCUT2D eigenvalue weighted by molar-refractivity contribution is 0.167. The van der Waals surface area contributed by atoms with Crippen LogP contribution in [0.4, 0.5) is 4.79 Å². The predicted octanol–water partition coefficient (Wildman–Crippen LogP) is 7.85. The predicted molar refractivity (Wildman–Crippen MR) is 141 cm³/mol. The maximum absolute atomic E-state index is 13.5.